The highest BCUT2D eigenvalue weighted by atomic mass is 16.5. The van der Waals surface area contributed by atoms with Gasteiger partial charge in [0, 0.05) is 23.5 Å². The molecule has 1 heterocycles. The maximum Gasteiger partial charge on any atom is 0.258 e. The number of fused-ring (bicyclic) bond motifs is 1. The molecule has 0 spiro atoms. The lowest BCUT2D eigenvalue weighted by atomic mass is 9.99. The number of amides is 1. The summed E-state index contributed by atoms with van der Waals surface area (Å²) in [6.45, 7) is 5.32. The summed E-state index contributed by atoms with van der Waals surface area (Å²) in [4.78, 5) is 14.7. The molecule has 24 heavy (non-hydrogen) atoms. The minimum Gasteiger partial charge on any atom is -0.398 e. The lowest BCUT2D eigenvalue weighted by Gasteiger charge is -2.30. The normalized spacial score (nSPS) is 13.9. The van der Waals surface area contributed by atoms with Crippen LogP contribution in [-0.2, 0) is 17.8 Å². The average molecular weight is 324 g/mol. The first-order chi connectivity index (χ1) is 11.6. The molecule has 126 valence electrons. The lowest BCUT2D eigenvalue weighted by molar-refractivity contribution is 0.0657. The Balaban J connectivity index is 1.79. The fourth-order valence-corrected chi connectivity index (χ4v) is 3.02. The molecular weight excluding hydrogens is 300 g/mol. The molecule has 1 aliphatic rings. The van der Waals surface area contributed by atoms with Gasteiger partial charge in [-0.05, 0) is 62.1 Å². The molecule has 2 aromatic carbocycles. The van der Waals surface area contributed by atoms with Gasteiger partial charge in [0.15, 0.2) is 0 Å². The molecule has 1 aliphatic heterocycles. The molecule has 2 aromatic rings. The smallest absolute Gasteiger partial charge is 0.258 e. The molecule has 0 aliphatic carbocycles. The van der Waals surface area contributed by atoms with Crippen LogP contribution in [0.25, 0.3) is 0 Å². The van der Waals surface area contributed by atoms with E-state index in [1.165, 1.54) is 0 Å². The van der Waals surface area contributed by atoms with E-state index in [1.54, 1.807) is 0 Å². The number of rotatable bonds is 4. The summed E-state index contributed by atoms with van der Waals surface area (Å²) in [5.41, 5.74) is 10.6. The summed E-state index contributed by atoms with van der Waals surface area (Å²) in [7, 11) is 0. The number of hydrogen-bond acceptors (Lipinski definition) is 3. The van der Waals surface area contributed by atoms with Gasteiger partial charge in [-0.25, -0.2) is 0 Å². The Hall–Kier alpha value is -2.33. The maximum absolute atomic E-state index is 12.9. The highest BCUT2D eigenvalue weighted by Crippen LogP contribution is 2.32. The van der Waals surface area contributed by atoms with Gasteiger partial charge in [-0.15, -0.1) is 0 Å². The third-order valence-electron chi connectivity index (χ3n) is 4.32. The monoisotopic (exact) mass is 324 g/mol. The summed E-state index contributed by atoms with van der Waals surface area (Å²) in [6.07, 6.45) is 2.06. The number of ether oxygens (including phenoxy) is 1. The van der Waals surface area contributed by atoms with E-state index < -0.39 is 0 Å². The van der Waals surface area contributed by atoms with Gasteiger partial charge in [-0.1, -0.05) is 18.2 Å². The zero-order valence-corrected chi connectivity index (χ0v) is 14.3. The minimum absolute atomic E-state index is 0.0258. The van der Waals surface area contributed by atoms with E-state index in [9.17, 15) is 4.79 Å². The second kappa shape index (κ2) is 7.05. The molecular formula is C20H24N2O2. The molecule has 0 bridgehead atoms. The van der Waals surface area contributed by atoms with Crippen LogP contribution in [0.4, 0.5) is 11.4 Å². The number of benzene rings is 2. The SMILES string of the molecule is CC(C)OCc1ccc(C(=O)N2CCCc3c(N)cccc32)cc1. The van der Waals surface area contributed by atoms with Crippen LogP contribution >= 0.6 is 0 Å². The zero-order chi connectivity index (χ0) is 17.1. The molecule has 0 aromatic heterocycles. The number of nitrogens with zero attached hydrogens (tertiary/aromatic N) is 1. The first kappa shape index (κ1) is 16.5. The Morgan fingerprint density at radius 1 is 1.21 bits per heavy atom. The van der Waals surface area contributed by atoms with Crippen molar-refractivity contribution in [1.29, 1.82) is 0 Å². The van der Waals surface area contributed by atoms with Crippen molar-refractivity contribution in [2.24, 2.45) is 0 Å². The first-order valence-electron chi connectivity index (χ1n) is 8.46. The van der Waals surface area contributed by atoms with Gasteiger partial charge in [0.25, 0.3) is 5.91 Å². The van der Waals surface area contributed by atoms with Gasteiger partial charge in [-0.3, -0.25) is 4.79 Å². The molecule has 0 atom stereocenters. The van der Waals surface area contributed by atoms with Crippen LogP contribution < -0.4 is 10.6 Å². The van der Waals surface area contributed by atoms with Gasteiger partial charge in [0.1, 0.15) is 0 Å². The van der Waals surface area contributed by atoms with Crippen LogP contribution in [0, 0.1) is 0 Å². The Morgan fingerprint density at radius 2 is 1.96 bits per heavy atom. The van der Waals surface area contributed by atoms with Crippen LogP contribution in [0.1, 0.15) is 41.8 Å². The van der Waals surface area contributed by atoms with Crippen molar-refractivity contribution in [2.45, 2.75) is 39.4 Å². The maximum atomic E-state index is 12.9. The molecule has 3 rings (SSSR count). The van der Waals surface area contributed by atoms with E-state index >= 15 is 0 Å². The lowest BCUT2D eigenvalue weighted by Crippen LogP contribution is -2.35. The Labute approximate surface area is 143 Å². The topological polar surface area (TPSA) is 55.6 Å². The highest BCUT2D eigenvalue weighted by Gasteiger charge is 2.24. The van der Waals surface area contributed by atoms with Gasteiger partial charge >= 0.3 is 0 Å². The van der Waals surface area contributed by atoms with E-state index in [-0.39, 0.29) is 12.0 Å². The molecule has 2 N–H and O–H groups in total. The van der Waals surface area contributed by atoms with E-state index in [4.69, 9.17) is 10.5 Å². The van der Waals surface area contributed by atoms with Crippen LogP contribution in [0.15, 0.2) is 42.5 Å². The minimum atomic E-state index is 0.0258. The Kier molecular flexibility index (Phi) is 4.86. The third-order valence-corrected chi connectivity index (χ3v) is 4.32. The average Bonchev–Trinajstić information content (AvgIpc) is 2.60. The predicted octanol–water partition coefficient (Wildman–Crippen LogP) is 3.79. The quantitative estimate of drug-likeness (QED) is 0.871. The van der Waals surface area contributed by atoms with Crippen molar-refractivity contribution < 1.29 is 9.53 Å². The van der Waals surface area contributed by atoms with E-state index in [0.717, 1.165) is 41.9 Å². The number of nitrogen functional groups attached to an aromatic ring is 1. The predicted molar refractivity (Wildman–Crippen MR) is 97.2 cm³/mol. The second-order valence-corrected chi connectivity index (χ2v) is 6.46. The van der Waals surface area contributed by atoms with Crippen LogP contribution in [-0.4, -0.2) is 18.6 Å². The van der Waals surface area contributed by atoms with Crippen LogP contribution in [0.5, 0.6) is 0 Å². The summed E-state index contributed by atoms with van der Waals surface area (Å²) in [5, 5.41) is 0. The number of carbonyl (C=O) groups excluding carboxylic acids is 1. The molecule has 0 saturated carbocycles. The van der Waals surface area contributed by atoms with Gasteiger partial charge in [0.2, 0.25) is 0 Å². The molecule has 0 radical (unpaired) electrons. The number of nitrogens with two attached hydrogens (primary N) is 1. The number of carbonyl (C=O) groups is 1. The van der Waals surface area contributed by atoms with Gasteiger partial charge in [0.05, 0.1) is 12.7 Å². The van der Waals surface area contributed by atoms with E-state index in [1.807, 2.05) is 61.2 Å². The van der Waals surface area contributed by atoms with Gasteiger partial charge < -0.3 is 15.4 Å². The number of hydrogen-bond donors (Lipinski definition) is 1. The molecule has 1 amide bonds. The van der Waals surface area contributed by atoms with Crippen molar-refractivity contribution >= 4 is 17.3 Å². The summed E-state index contributed by atoms with van der Waals surface area (Å²) < 4.78 is 5.59. The summed E-state index contributed by atoms with van der Waals surface area (Å²) in [5.74, 6) is 0.0258. The Bertz CT molecular complexity index is 723. The zero-order valence-electron chi connectivity index (χ0n) is 14.3. The van der Waals surface area contributed by atoms with E-state index in [0.29, 0.717) is 12.2 Å². The molecule has 0 unspecified atom stereocenters. The van der Waals surface area contributed by atoms with Crippen molar-refractivity contribution in [2.75, 3.05) is 17.2 Å². The molecule has 4 nitrogen and oxygen atoms in total. The molecule has 0 fully saturated rings. The Morgan fingerprint density at radius 3 is 2.67 bits per heavy atom. The van der Waals surface area contributed by atoms with Crippen LogP contribution in [0.2, 0.25) is 0 Å². The van der Waals surface area contributed by atoms with Crippen molar-refractivity contribution in [3.8, 4) is 0 Å². The van der Waals surface area contributed by atoms with Gasteiger partial charge in [-0.2, -0.15) is 0 Å². The largest absolute Gasteiger partial charge is 0.398 e. The third kappa shape index (κ3) is 3.44. The molecule has 4 heteroatoms. The van der Waals surface area contributed by atoms with Crippen LogP contribution in [0.3, 0.4) is 0 Å². The number of anilines is 2. The summed E-state index contributed by atoms with van der Waals surface area (Å²) in [6, 6.07) is 13.5. The second-order valence-electron chi connectivity index (χ2n) is 6.46. The summed E-state index contributed by atoms with van der Waals surface area (Å²) >= 11 is 0. The standard InChI is InChI=1S/C20H24N2O2/c1-14(2)24-13-15-8-10-16(11-9-15)20(23)22-12-4-5-17-18(21)6-3-7-19(17)22/h3,6-11,14H,4-5,12-13,21H2,1-2H3. The highest BCUT2D eigenvalue weighted by molar-refractivity contribution is 6.07. The first-order valence-corrected chi connectivity index (χ1v) is 8.46. The fraction of sp³-hybridized carbons (Fsp3) is 0.350. The van der Waals surface area contributed by atoms with Crippen molar-refractivity contribution in [3.05, 3.63) is 59.2 Å². The van der Waals surface area contributed by atoms with Crippen molar-refractivity contribution in [1.82, 2.24) is 0 Å². The van der Waals surface area contributed by atoms with Crippen molar-refractivity contribution in [3.63, 3.8) is 0 Å². The molecule has 0 saturated heterocycles. The fourth-order valence-electron chi connectivity index (χ4n) is 3.02. The van der Waals surface area contributed by atoms with E-state index in [2.05, 4.69) is 0 Å².